The number of urea groups is 1. The molecule has 7 heteroatoms. The Balaban J connectivity index is 1.59. The second kappa shape index (κ2) is 9.44. The van der Waals surface area contributed by atoms with Gasteiger partial charge in [0.1, 0.15) is 5.75 Å². The Kier molecular flexibility index (Phi) is 6.46. The fourth-order valence-electron chi connectivity index (χ4n) is 3.98. The molecule has 0 unspecified atom stereocenters. The smallest absolute Gasteiger partial charge is 0.322 e. The number of nitrogens with one attached hydrogen (secondary N) is 2. The number of amides is 2. The van der Waals surface area contributed by atoms with Gasteiger partial charge in [-0.2, -0.15) is 0 Å². The van der Waals surface area contributed by atoms with Gasteiger partial charge in [0.05, 0.1) is 19.8 Å². The lowest BCUT2D eigenvalue weighted by Gasteiger charge is -2.26. The first-order valence-corrected chi connectivity index (χ1v) is 10.9. The van der Waals surface area contributed by atoms with Gasteiger partial charge in [-0.15, -0.1) is 0 Å². The fourth-order valence-corrected chi connectivity index (χ4v) is 3.98. The van der Waals surface area contributed by atoms with E-state index in [2.05, 4.69) is 16.4 Å². The van der Waals surface area contributed by atoms with Crippen molar-refractivity contribution in [3.8, 4) is 5.75 Å². The van der Waals surface area contributed by atoms with Crippen LogP contribution in [0.4, 0.5) is 10.5 Å². The summed E-state index contributed by atoms with van der Waals surface area (Å²) in [5.41, 5.74) is 4.10. The molecule has 1 atom stereocenters. The molecule has 2 heterocycles. The highest BCUT2D eigenvalue weighted by Crippen LogP contribution is 2.20. The van der Waals surface area contributed by atoms with Crippen LogP contribution in [-0.2, 0) is 11.3 Å². The monoisotopic (exact) mass is 435 g/mol. The number of nitrogens with zero attached hydrogens (tertiary/aromatic N) is 1. The third kappa shape index (κ3) is 4.94. The SMILES string of the molecule is COc1ccc(NC(=O)N(Cc2cc3cc(C)c(C)cc3[nH]c2=O)C[C@H]2CCCO2)cc1. The Morgan fingerprint density at radius 1 is 1.19 bits per heavy atom. The Bertz CT molecular complexity index is 1160. The minimum absolute atomic E-state index is 0.0268. The van der Waals surface area contributed by atoms with Crippen molar-refractivity contribution in [2.75, 3.05) is 25.6 Å². The first kappa shape index (κ1) is 21.9. The molecular weight excluding hydrogens is 406 g/mol. The average Bonchev–Trinajstić information content (AvgIpc) is 3.29. The van der Waals surface area contributed by atoms with E-state index in [9.17, 15) is 9.59 Å². The summed E-state index contributed by atoms with van der Waals surface area (Å²) in [6.45, 7) is 5.39. The summed E-state index contributed by atoms with van der Waals surface area (Å²) in [5.74, 6) is 0.715. The molecule has 2 N–H and O–H groups in total. The van der Waals surface area contributed by atoms with E-state index in [0.717, 1.165) is 34.9 Å². The van der Waals surface area contributed by atoms with E-state index in [-0.39, 0.29) is 24.2 Å². The number of methoxy groups -OCH3 is 1. The van der Waals surface area contributed by atoms with E-state index in [1.165, 1.54) is 0 Å². The molecule has 7 nitrogen and oxygen atoms in total. The number of aryl methyl sites for hydroxylation is 2. The van der Waals surface area contributed by atoms with E-state index in [4.69, 9.17) is 9.47 Å². The third-order valence-electron chi connectivity index (χ3n) is 5.97. The van der Waals surface area contributed by atoms with Crippen molar-refractivity contribution in [1.82, 2.24) is 9.88 Å². The summed E-state index contributed by atoms with van der Waals surface area (Å²) < 4.78 is 10.9. The molecule has 1 aliphatic rings. The van der Waals surface area contributed by atoms with Crippen LogP contribution in [0.2, 0.25) is 0 Å². The number of pyridine rings is 1. The molecule has 0 radical (unpaired) electrons. The number of anilines is 1. The number of rotatable bonds is 6. The standard InChI is InChI=1S/C25H29N3O4/c1-16-11-18-13-19(24(29)27-23(18)12-17(16)2)14-28(15-22-5-4-10-32-22)25(30)26-20-6-8-21(31-3)9-7-20/h6-9,11-13,22H,4-5,10,14-15H2,1-3H3,(H,26,30)(H,27,29)/t22-/m1/s1. The molecule has 3 aromatic rings. The minimum atomic E-state index is -0.273. The molecule has 2 amide bonds. The van der Waals surface area contributed by atoms with Crippen LogP contribution in [0.3, 0.4) is 0 Å². The number of carbonyl (C=O) groups is 1. The number of fused-ring (bicyclic) bond motifs is 1. The van der Waals surface area contributed by atoms with Crippen molar-refractivity contribution >= 4 is 22.6 Å². The quantitative estimate of drug-likeness (QED) is 0.602. The van der Waals surface area contributed by atoms with Crippen molar-refractivity contribution in [2.24, 2.45) is 0 Å². The van der Waals surface area contributed by atoms with Crippen LogP contribution in [0.25, 0.3) is 10.9 Å². The van der Waals surface area contributed by atoms with Crippen LogP contribution in [-0.4, -0.2) is 42.3 Å². The van der Waals surface area contributed by atoms with Gasteiger partial charge in [-0.3, -0.25) is 4.79 Å². The summed E-state index contributed by atoms with van der Waals surface area (Å²) in [6, 6.07) is 12.8. The van der Waals surface area contributed by atoms with Crippen LogP contribution in [0, 0.1) is 13.8 Å². The Morgan fingerprint density at radius 3 is 2.62 bits per heavy atom. The summed E-state index contributed by atoms with van der Waals surface area (Å²) in [5, 5.41) is 3.88. The van der Waals surface area contributed by atoms with Crippen LogP contribution in [0.15, 0.2) is 47.3 Å². The number of aromatic amines is 1. The van der Waals surface area contributed by atoms with Crippen LogP contribution < -0.4 is 15.6 Å². The van der Waals surface area contributed by atoms with Crippen LogP contribution in [0.5, 0.6) is 5.75 Å². The lowest BCUT2D eigenvalue weighted by molar-refractivity contribution is 0.0818. The lowest BCUT2D eigenvalue weighted by Crippen LogP contribution is -2.40. The maximum absolute atomic E-state index is 13.1. The summed E-state index contributed by atoms with van der Waals surface area (Å²) in [6.07, 6.45) is 1.85. The highest BCUT2D eigenvalue weighted by molar-refractivity contribution is 5.89. The van der Waals surface area contributed by atoms with Gasteiger partial charge < -0.3 is 24.7 Å². The van der Waals surface area contributed by atoms with Crippen LogP contribution in [0.1, 0.15) is 29.5 Å². The van der Waals surface area contributed by atoms with Gasteiger partial charge in [0, 0.05) is 29.9 Å². The number of aromatic nitrogens is 1. The maximum Gasteiger partial charge on any atom is 0.322 e. The third-order valence-corrected chi connectivity index (χ3v) is 5.97. The van der Waals surface area contributed by atoms with Crippen molar-refractivity contribution in [3.63, 3.8) is 0 Å². The maximum atomic E-state index is 13.1. The Labute approximate surface area is 187 Å². The molecule has 0 spiro atoms. The average molecular weight is 436 g/mol. The van der Waals surface area contributed by atoms with E-state index < -0.39 is 0 Å². The predicted octanol–water partition coefficient (Wildman–Crippen LogP) is 4.37. The molecular formula is C25H29N3O4. The number of hydrogen-bond donors (Lipinski definition) is 2. The Hall–Kier alpha value is -3.32. The molecule has 0 bridgehead atoms. The summed E-state index contributed by atoms with van der Waals surface area (Å²) in [4.78, 5) is 30.6. The number of hydrogen-bond acceptors (Lipinski definition) is 4. The van der Waals surface area contributed by atoms with Crippen molar-refractivity contribution in [3.05, 3.63) is 69.5 Å². The van der Waals surface area contributed by atoms with Crippen LogP contribution >= 0.6 is 0 Å². The Morgan fingerprint density at radius 2 is 1.94 bits per heavy atom. The number of carbonyl (C=O) groups excluding carboxylic acids is 1. The minimum Gasteiger partial charge on any atom is -0.497 e. The van der Waals surface area contributed by atoms with Gasteiger partial charge in [0.2, 0.25) is 0 Å². The first-order chi connectivity index (χ1) is 15.4. The lowest BCUT2D eigenvalue weighted by atomic mass is 10.0. The van der Waals surface area contributed by atoms with Gasteiger partial charge in [0.15, 0.2) is 0 Å². The number of benzene rings is 2. The summed E-state index contributed by atoms with van der Waals surface area (Å²) in [7, 11) is 1.60. The van der Waals surface area contributed by atoms with Gasteiger partial charge in [-0.1, -0.05) is 0 Å². The molecule has 1 fully saturated rings. The first-order valence-electron chi connectivity index (χ1n) is 10.9. The number of H-pyrrole nitrogens is 1. The molecule has 168 valence electrons. The van der Waals surface area contributed by atoms with Gasteiger partial charge in [-0.05, 0) is 85.7 Å². The normalized spacial score (nSPS) is 15.7. The highest BCUT2D eigenvalue weighted by Gasteiger charge is 2.24. The van der Waals surface area contributed by atoms with E-state index in [1.54, 1.807) is 36.3 Å². The van der Waals surface area contributed by atoms with Gasteiger partial charge in [-0.25, -0.2) is 4.79 Å². The predicted molar refractivity (Wildman–Crippen MR) is 125 cm³/mol. The molecule has 1 aliphatic heterocycles. The van der Waals surface area contributed by atoms with Crippen molar-refractivity contribution < 1.29 is 14.3 Å². The topological polar surface area (TPSA) is 83.7 Å². The molecule has 2 aromatic carbocycles. The van der Waals surface area contributed by atoms with Gasteiger partial charge >= 0.3 is 6.03 Å². The van der Waals surface area contributed by atoms with Crippen molar-refractivity contribution in [2.45, 2.75) is 39.3 Å². The van der Waals surface area contributed by atoms with Crippen molar-refractivity contribution in [1.29, 1.82) is 0 Å². The van der Waals surface area contributed by atoms with E-state index in [1.807, 2.05) is 26.0 Å². The largest absolute Gasteiger partial charge is 0.497 e. The molecule has 4 rings (SSSR count). The fraction of sp³-hybridized carbons (Fsp3) is 0.360. The number of ether oxygens (including phenoxy) is 2. The van der Waals surface area contributed by atoms with Gasteiger partial charge in [0.25, 0.3) is 5.56 Å². The molecule has 1 saturated heterocycles. The summed E-state index contributed by atoms with van der Waals surface area (Å²) >= 11 is 0. The zero-order valence-corrected chi connectivity index (χ0v) is 18.7. The molecule has 1 aromatic heterocycles. The second-order valence-electron chi connectivity index (χ2n) is 8.32. The highest BCUT2D eigenvalue weighted by atomic mass is 16.5. The van der Waals surface area contributed by atoms with E-state index >= 15 is 0 Å². The molecule has 32 heavy (non-hydrogen) atoms. The molecule has 0 aliphatic carbocycles. The second-order valence-corrected chi connectivity index (χ2v) is 8.32. The zero-order valence-electron chi connectivity index (χ0n) is 18.7. The molecule has 0 saturated carbocycles. The zero-order chi connectivity index (χ0) is 22.7. The van der Waals surface area contributed by atoms with E-state index in [0.29, 0.717) is 30.2 Å².